The third-order valence-corrected chi connectivity index (χ3v) is 4.17. The lowest BCUT2D eigenvalue weighted by Crippen LogP contribution is -2.44. The minimum atomic E-state index is 0. The number of oxazole rings is 1. The van der Waals surface area contributed by atoms with Crippen molar-refractivity contribution in [3.05, 3.63) is 42.3 Å². The summed E-state index contributed by atoms with van der Waals surface area (Å²) in [5.41, 5.74) is 1.75. The number of nitrogens with zero attached hydrogens (tertiary/aromatic N) is 2. The minimum absolute atomic E-state index is 0. The molecule has 8 heteroatoms. The summed E-state index contributed by atoms with van der Waals surface area (Å²) in [6, 6.07) is 9.98. The van der Waals surface area contributed by atoms with Crippen LogP contribution in [0, 0.1) is 0 Å². The number of benzene rings is 1. The maximum absolute atomic E-state index is 5.86. The van der Waals surface area contributed by atoms with Crippen LogP contribution in [0.5, 0.6) is 0 Å². The van der Waals surface area contributed by atoms with Gasteiger partial charge in [-0.05, 0) is 32.4 Å². The molecule has 0 saturated carbocycles. The molecule has 2 N–H and O–H groups in total. The van der Waals surface area contributed by atoms with Crippen molar-refractivity contribution in [2.45, 2.75) is 39.0 Å². The van der Waals surface area contributed by atoms with E-state index < -0.39 is 0 Å². The van der Waals surface area contributed by atoms with Crippen molar-refractivity contribution in [3.8, 4) is 11.5 Å². The van der Waals surface area contributed by atoms with E-state index in [1.807, 2.05) is 37.3 Å². The van der Waals surface area contributed by atoms with E-state index >= 15 is 0 Å². The Morgan fingerprint density at radius 2 is 2.18 bits per heavy atom. The highest BCUT2D eigenvalue weighted by Crippen LogP contribution is 2.18. The highest BCUT2D eigenvalue weighted by Gasteiger charge is 2.17. The second kappa shape index (κ2) is 12.0. The number of aromatic nitrogens is 1. The third kappa shape index (κ3) is 7.06. The van der Waals surface area contributed by atoms with Gasteiger partial charge in [0, 0.05) is 24.8 Å². The molecule has 1 aliphatic heterocycles. The molecule has 1 fully saturated rings. The highest BCUT2D eigenvalue weighted by atomic mass is 127. The van der Waals surface area contributed by atoms with Crippen molar-refractivity contribution < 1.29 is 13.9 Å². The first-order valence-corrected chi connectivity index (χ1v) is 9.48. The predicted octanol–water partition coefficient (Wildman–Crippen LogP) is 3.21. The standard InChI is InChI=1S/C20H28N4O3.HI/c1-3-21-20(23-15(2)12-26-18-9-10-25-14-18)22-11-17-13-27-19(24-17)16-7-5-4-6-8-16;/h4-8,13,15,18H,3,9-12,14H2,1-2H3,(H2,21,22,23);1H. The Labute approximate surface area is 183 Å². The summed E-state index contributed by atoms with van der Waals surface area (Å²) in [6.45, 7) is 7.43. The van der Waals surface area contributed by atoms with Gasteiger partial charge in [0.25, 0.3) is 0 Å². The Kier molecular flexibility index (Phi) is 9.72. The van der Waals surface area contributed by atoms with Crippen LogP contribution in [0.2, 0.25) is 0 Å². The van der Waals surface area contributed by atoms with Gasteiger partial charge in [-0.1, -0.05) is 18.2 Å². The molecule has 0 aliphatic carbocycles. The lowest BCUT2D eigenvalue weighted by atomic mass is 10.2. The fourth-order valence-electron chi connectivity index (χ4n) is 2.77. The third-order valence-electron chi connectivity index (χ3n) is 4.17. The summed E-state index contributed by atoms with van der Waals surface area (Å²) in [5.74, 6) is 1.35. The molecule has 7 nitrogen and oxygen atoms in total. The lowest BCUT2D eigenvalue weighted by molar-refractivity contribution is 0.0347. The molecule has 2 aromatic rings. The number of nitrogens with one attached hydrogen (secondary N) is 2. The predicted molar refractivity (Wildman–Crippen MR) is 120 cm³/mol. The SMILES string of the molecule is CCNC(=NCc1coc(-c2ccccc2)n1)NC(C)COC1CCOC1.I. The second-order valence-electron chi connectivity index (χ2n) is 6.57. The van der Waals surface area contributed by atoms with Crippen LogP contribution in [0.3, 0.4) is 0 Å². The zero-order valence-electron chi connectivity index (χ0n) is 16.4. The normalized spacial score (nSPS) is 17.8. The second-order valence-corrected chi connectivity index (χ2v) is 6.57. The van der Waals surface area contributed by atoms with Crippen LogP contribution in [0.1, 0.15) is 26.0 Å². The van der Waals surface area contributed by atoms with E-state index in [2.05, 4.69) is 27.5 Å². The van der Waals surface area contributed by atoms with Crippen LogP contribution in [0.15, 0.2) is 46.0 Å². The molecular weight excluding hydrogens is 471 g/mol. The molecule has 3 rings (SSSR count). The molecule has 1 saturated heterocycles. The van der Waals surface area contributed by atoms with Crippen LogP contribution >= 0.6 is 24.0 Å². The highest BCUT2D eigenvalue weighted by molar-refractivity contribution is 14.0. The fourth-order valence-corrected chi connectivity index (χ4v) is 2.77. The molecule has 2 heterocycles. The van der Waals surface area contributed by atoms with Gasteiger partial charge >= 0.3 is 0 Å². The van der Waals surface area contributed by atoms with Crippen molar-refractivity contribution in [1.82, 2.24) is 15.6 Å². The average molecular weight is 500 g/mol. The van der Waals surface area contributed by atoms with Crippen molar-refractivity contribution in [2.75, 3.05) is 26.4 Å². The zero-order valence-corrected chi connectivity index (χ0v) is 18.7. The number of rotatable bonds is 8. The van der Waals surface area contributed by atoms with Crippen LogP contribution < -0.4 is 10.6 Å². The molecule has 154 valence electrons. The maximum atomic E-state index is 5.86. The van der Waals surface area contributed by atoms with Crippen molar-refractivity contribution in [3.63, 3.8) is 0 Å². The number of hydrogen-bond donors (Lipinski definition) is 2. The van der Waals surface area contributed by atoms with Crippen LogP contribution in [0.4, 0.5) is 0 Å². The van der Waals surface area contributed by atoms with E-state index in [9.17, 15) is 0 Å². The van der Waals surface area contributed by atoms with E-state index in [-0.39, 0.29) is 36.1 Å². The number of hydrogen-bond acceptors (Lipinski definition) is 5. The number of guanidine groups is 1. The zero-order chi connectivity index (χ0) is 18.9. The number of ether oxygens (including phenoxy) is 2. The van der Waals surface area contributed by atoms with Crippen LogP contribution in [0.25, 0.3) is 11.5 Å². The molecule has 1 aromatic carbocycles. The Morgan fingerprint density at radius 1 is 1.36 bits per heavy atom. The lowest BCUT2D eigenvalue weighted by Gasteiger charge is -2.19. The van der Waals surface area contributed by atoms with Gasteiger partial charge < -0.3 is 24.5 Å². The van der Waals surface area contributed by atoms with E-state index in [0.717, 1.165) is 36.8 Å². The molecule has 0 radical (unpaired) electrons. The van der Waals surface area contributed by atoms with Gasteiger partial charge in [-0.15, -0.1) is 24.0 Å². The molecule has 28 heavy (non-hydrogen) atoms. The first kappa shape index (κ1) is 22.6. The molecule has 2 unspecified atom stereocenters. The fraction of sp³-hybridized carbons (Fsp3) is 0.500. The van der Waals surface area contributed by atoms with Gasteiger partial charge in [0.05, 0.1) is 25.9 Å². The Balaban J connectivity index is 0.00000280. The molecule has 0 amide bonds. The van der Waals surface area contributed by atoms with Crippen molar-refractivity contribution in [1.29, 1.82) is 0 Å². The topological polar surface area (TPSA) is 80.9 Å². The first-order chi connectivity index (χ1) is 13.2. The van der Waals surface area contributed by atoms with Crippen molar-refractivity contribution >= 4 is 29.9 Å². The summed E-state index contributed by atoms with van der Waals surface area (Å²) in [4.78, 5) is 9.11. The van der Waals surface area contributed by atoms with Gasteiger partial charge in [0.15, 0.2) is 5.96 Å². The molecule has 0 bridgehead atoms. The summed E-state index contributed by atoms with van der Waals surface area (Å²) >= 11 is 0. The number of halogens is 1. The van der Waals surface area contributed by atoms with Gasteiger partial charge in [0.2, 0.25) is 5.89 Å². The largest absolute Gasteiger partial charge is 0.444 e. The van der Waals surface area contributed by atoms with Gasteiger partial charge in [-0.3, -0.25) is 0 Å². The summed E-state index contributed by atoms with van der Waals surface area (Å²) in [7, 11) is 0. The molecule has 2 atom stereocenters. The van der Waals surface area contributed by atoms with Gasteiger partial charge in [0.1, 0.15) is 12.0 Å². The first-order valence-electron chi connectivity index (χ1n) is 9.48. The Morgan fingerprint density at radius 3 is 2.89 bits per heavy atom. The number of aliphatic imine (C=N–C) groups is 1. The van der Waals surface area contributed by atoms with Gasteiger partial charge in [-0.25, -0.2) is 9.98 Å². The summed E-state index contributed by atoms with van der Waals surface area (Å²) in [5, 5.41) is 6.62. The molecular formula is C20H29IN4O3. The van der Waals surface area contributed by atoms with Crippen LogP contribution in [-0.4, -0.2) is 49.5 Å². The monoisotopic (exact) mass is 500 g/mol. The quantitative estimate of drug-likeness (QED) is 0.329. The van der Waals surface area contributed by atoms with Crippen molar-refractivity contribution in [2.24, 2.45) is 4.99 Å². The van der Waals surface area contributed by atoms with E-state index in [1.54, 1.807) is 6.26 Å². The molecule has 1 aromatic heterocycles. The molecule has 1 aliphatic rings. The summed E-state index contributed by atoms with van der Waals surface area (Å²) < 4.78 is 16.8. The average Bonchev–Trinajstić information content (AvgIpc) is 3.37. The van der Waals surface area contributed by atoms with Gasteiger partial charge in [-0.2, -0.15) is 0 Å². The van der Waals surface area contributed by atoms with E-state index in [0.29, 0.717) is 25.6 Å². The Bertz CT molecular complexity index is 717. The van der Waals surface area contributed by atoms with E-state index in [1.165, 1.54) is 0 Å². The maximum Gasteiger partial charge on any atom is 0.226 e. The van der Waals surface area contributed by atoms with Crippen LogP contribution in [-0.2, 0) is 16.0 Å². The Hall–Kier alpha value is -1.65. The minimum Gasteiger partial charge on any atom is -0.444 e. The summed E-state index contributed by atoms with van der Waals surface area (Å²) in [6.07, 6.45) is 2.83. The molecule has 0 spiro atoms. The smallest absolute Gasteiger partial charge is 0.226 e. The van der Waals surface area contributed by atoms with E-state index in [4.69, 9.17) is 13.9 Å².